The van der Waals surface area contributed by atoms with E-state index in [0.717, 1.165) is 77.3 Å². The molecular weight excluding hydrogens is 719 g/mol. The Balaban J connectivity index is 1.89. The average Bonchev–Trinajstić information content (AvgIpc) is 3.50. The minimum Gasteiger partial charge on any atom is -0.456 e. The maximum Gasteiger partial charge on any atom is 0.306 e. The third-order valence-corrected chi connectivity index (χ3v) is 13.1. The Morgan fingerprint density at radius 1 is 0.638 bits per heavy atom. The van der Waals surface area contributed by atoms with Crippen molar-refractivity contribution in [1.29, 1.82) is 0 Å². The molecule has 7 heteroatoms. The van der Waals surface area contributed by atoms with Gasteiger partial charge in [-0.15, -0.1) is 0 Å². The van der Waals surface area contributed by atoms with Crippen molar-refractivity contribution in [3.05, 3.63) is 12.2 Å². The third-order valence-electron chi connectivity index (χ3n) is 13.1. The van der Waals surface area contributed by atoms with Crippen molar-refractivity contribution in [3.8, 4) is 0 Å². The van der Waals surface area contributed by atoms with Crippen LogP contribution in [-0.2, 0) is 19.1 Å². The van der Waals surface area contributed by atoms with Gasteiger partial charge < -0.3 is 19.9 Å². The molecule has 7 nitrogen and oxygen atoms in total. The first kappa shape index (κ1) is 52.2. The Hall–Kier alpha value is -1.89. The molecule has 0 spiro atoms. The Labute approximate surface area is 359 Å². The Kier molecular flexibility index (Phi) is 33.3. The summed E-state index contributed by atoms with van der Waals surface area (Å²) in [5.74, 6) is -0.502. The van der Waals surface area contributed by atoms with Crippen LogP contribution in [0, 0.1) is 0 Å². The molecule has 0 aromatic carbocycles. The highest BCUT2D eigenvalue weighted by Gasteiger charge is 2.32. The number of likely N-dealkylation sites (tertiary alicyclic amines) is 1. The van der Waals surface area contributed by atoms with Crippen molar-refractivity contribution >= 4 is 17.8 Å². The summed E-state index contributed by atoms with van der Waals surface area (Å²) in [6, 6.07) is 0.220. The number of hydrogen-bond donors (Lipinski definition) is 1. The molecule has 2 rings (SSSR count). The second-order valence-corrected chi connectivity index (χ2v) is 18.4. The van der Waals surface area contributed by atoms with Crippen molar-refractivity contribution in [2.24, 2.45) is 0 Å². The highest BCUT2D eigenvalue weighted by Crippen LogP contribution is 2.21. The van der Waals surface area contributed by atoms with E-state index in [1.807, 2.05) is 4.90 Å². The zero-order chi connectivity index (χ0) is 41.7. The molecule has 1 heterocycles. The van der Waals surface area contributed by atoms with E-state index in [9.17, 15) is 14.4 Å². The lowest BCUT2D eigenvalue weighted by Crippen LogP contribution is -2.53. The lowest BCUT2D eigenvalue weighted by atomic mass is 10.0. The van der Waals surface area contributed by atoms with Gasteiger partial charge in [-0.25, -0.2) is 0 Å². The number of carbonyl (C=O) groups excluding carboxylic acids is 3. The van der Waals surface area contributed by atoms with Gasteiger partial charge in [-0.05, 0) is 77.7 Å². The Morgan fingerprint density at radius 2 is 1.17 bits per heavy atom. The lowest BCUT2D eigenvalue weighted by molar-refractivity contribution is -0.154. The zero-order valence-electron chi connectivity index (χ0n) is 38.7. The number of nitrogens with zero attached hydrogens (tertiary/aromatic N) is 2. The van der Waals surface area contributed by atoms with Gasteiger partial charge in [-0.1, -0.05) is 187 Å². The van der Waals surface area contributed by atoms with Gasteiger partial charge in [0.05, 0.1) is 0 Å². The van der Waals surface area contributed by atoms with Crippen LogP contribution in [0.25, 0.3) is 0 Å². The standard InChI is InChI=1S/C51H95N3O4/c1-4-6-8-10-12-14-16-18-20-22-24-26-32-40-48(51(57)52-47-38-30-28-29-31-39-47)54(44-36-43-53-42-35-34-37-46(53)3)49(55)45-58-50(56)41-33-27-25-23-21-19-17-15-13-11-9-7-5-2/h10,12,46-48H,4-9,11,13-45H2,1-3H3,(H,52,57)/b12-10-. The summed E-state index contributed by atoms with van der Waals surface area (Å²) in [5, 5.41) is 3.41. The largest absolute Gasteiger partial charge is 0.456 e. The predicted octanol–water partition coefficient (Wildman–Crippen LogP) is 13.6. The van der Waals surface area contributed by atoms with Crippen LogP contribution in [0.15, 0.2) is 12.2 Å². The van der Waals surface area contributed by atoms with E-state index < -0.39 is 6.04 Å². The average molecular weight is 814 g/mol. The maximum atomic E-state index is 14.2. The molecule has 2 atom stereocenters. The summed E-state index contributed by atoms with van der Waals surface area (Å²) in [4.78, 5) is 45.5. The second kappa shape index (κ2) is 36.9. The van der Waals surface area contributed by atoms with E-state index in [-0.39, 0.29) is 30.4 Å². The molecule has 2 amide bonds. The van der Waals surface area contributed by atoms with Crippen molar-refractivity contribution in [2.75, 3.05) is 26.2 Å². The minimum absolute atomic E-state index is 0.00289. The number of hydrogen-bond acceptors (Lipinski definition) is 5. The molecule has 1 aliphatic heterocycles. The quantitative estimate of drug-likeness (QED) is 0.0295. The van der Waals surface area contributed by atoms with Crippen LogP contribution >= 0.6 is 0 Å². The normalized spacial score (nSPS) is 17.3. The molecule has 0 aromatic rings. The summed E-state index contributed by atoms with van der Waals surface area (Å²) in [6.07, 6.45) is 46.6. The molecule has 0 bridgehead atoms. The Bertz CT molecular complexity index is 1030. The summed E-state index contributed by atoms with van der Waals surface area (Å²) < 4.78 is 5.65. The van der Waals surface area contributed by atoms with E-state index in [2.05, 4.69) is 43.1 Å². The highest BCUT2D eigenvalue weighted by molar-refractivity contribution is 5.89. The van der Waals surface area contributed by atoms with Gasteiger partial charge in [0.15, 0.2) is 6.61 Å². The molecule has 0 radical (unpaired) electrons. The van der Waals surface area contributed by atoms with Gasteiger partial charge in [-0.2, -0.15) is 0 Å². The number of allylic oxidation sites excluding steroid dienone is 2. The van der Waals surface area contributed by atoms with E-state index in [1.54, 1.807) is 0 Å². The summed E-state index contributed by atoms with van der Waals surface area (Å²) in [6.45, 7) is 9.12. The molecule has 2 fully saturated rings. The Morgan fingerprint density at radius 3 is 1.78 bits per heavy atom. The van der Waals surface area contributed by atoms with Crippen LogP contribution in [-0.4, -0.2) is 72.0 Å². The molecule has 338 valence electrons. The zero-order valence-corrected chi connectivity index (χ0v) is 38.7. The third kappa shape index (κ3) is 27.1. The molecular formula is C51H95N3O4. The maximum absolute atomic E-state index is 14.2. The number of nitrogens with one attached hydrogen (secondary N) is 1. The van der Waals surface area contributed by atoms with Crippen LogP contribution in [0.1, 0.15) is 252 Å². The predicted molar refractivity (Wildman–Crippen MR) is 246 cm³/mol. The summed E-state index contributed by atoms with van der Waals surface area (Å²) >= 11 is 0. The highest BCUT2D eigenvalue weighted by atomic mass is 16.5. The first-order valence-electron chi connectivity index (χ1n) is 25.6. The van der Waals surface area contributed by atoms with Crippen LogP contribution in [0.2, 0.25) is 0 Å². The van der Waals surface area contributed by atoms with Gasteiger partial charge in [0.1, 0.15) is 6.04 Å². The van der Waals surface area contributed by atoms with Gasteiger partial charge in [0.2, 0.25) is 5.91 Å². The van der Waals surface area contributed by atoms with E-state index >= 15 is 0 Å². The number of rotatable bonds is 36. The number of piperidine rings is 1. The number of amides is 2. The summed E-state index contributed by atoms with van der Waals surface area (Å²) in [7, 11) is 0. The van der Waals surface area contributed by atoms with E-state index in [0.29, 0.717) is 25.4 Å². The molecule has 2 unspecified atom stereocenters. The monoisotopic (exact) mass is 814 g/mol. The lowest BCUT2D eigenvalue weighted by Gasteiger charge is -2.35. The van der Waals surface area contributed by atoms with Crippen molar-refractivity contribution in [2.45, 2.75) is 270 Å². The fraction of sp³-hybridized carbons (Fsp3) is 0.902. The topological polar surface area (TPSA) is 79.0 Å². The van der Waals surface area contributed by atoms with Gasteiger partial charge >= 0.3 is 5.97 Å². The fourth-order valence-electron chi connectivity index (χ4n) is 9.16. The van der Waals surface area contributed by atoms with Gasteiger partial charge in [0.25, 0.3) is 5.91 Å². The van der Waals surface area contributed by atoms with Gasteiger partial charge in [-0.3, -0.25) is 14.4 Å². The molecule has 58 heavy (non-hydrogen) atoms. The molecule has 1 saturated heterocycles. The number of unbranched alkanes of at least 4 members (excludes halogenated alkanes) is 21. The fourth-order valence-corrected chi connectivity index (χ4v) is 9.16. The molecule has 1 saturated carbocycles. The van der Waals surface area contributed by atoms with Crippen LogP contribution in [0.4, 0.5) is 0 Å². The first-order chi connectivity index (χ1) is 28.5. The molecule has 0 aromatic heterocycles. The van der Waals surface area contributed by atoms with E-state index in [4.69, 9.17) is 4.74 Å². The van der Waals surface area contributed by atoms with Crippen LogP contribution < -0.4 is 5.32 Å². The SMILES string of the molecule is CCCC/C=C\CCCCCCCCCC(C(=O)NC1CCCCCC1)N(CCCN1CCCCC1C)C(=O)COC(=O)CCCCCCCCCCCCCCC. The summed E-state index contributed by atoms with van der Waals surface area (Å²) in [5.41, 5.74) is 0. The van der Waals surface area contributed by atoms with E-state index in [1.165, 1.54) is 154 Å². The smallest absolute Gasteiger partial charge is 0.306 e. The second-order valence-electron chi connectivity index (χ2n) is 18.4. The number of carbonyl (C=O) groups is 3. The van der Waals surface area contributed by atoms with Crippen LogP contribution in [0.5, 0.6) is 0 Å². The number of esters is 1. The molecule has 1 N–H and O–H groups in total. The van der Waals surface area contributed by atoms with Crippen molar-refractivity contribution in [1.82, 2.24) is 15.1 Å². The number of ether oxygens (including phenoxy) is 1. The molecule has 2 aliphatic rings. The first-order valence-corrected chi connectivity index (χ1v) is 25.6. The van der Waals surface area contributed by atoms with Crippen molar-refractivity contribution in [3.63, 3.8) is 0 Å². The van der Waals surface area contributed by atoms with Crippen molar-refractivity contribution < 1.29 is 19.1 Å². The van der Waals surface area contributed by atoms with Crippen LogP contribution in [0.3, 0.4) is 0 Å². The molecule has 1 aliphatic carbocycles. The minimum atomic E-state index is -0.520. The van der Waals surface area contributed by atoms with Gasteiger partial charge in [0, 0.05) is 31.6 Å².